The maximum absolute atomic E-state index is 9.86. The molecule has 0 aromatic carbocycles. The van der Waals surface area contributed by atoms with E-state index in [2.05, 4.69) is 0 Å². The number of halogens is 1. The number of hydrogen-bond acceptors (Lipinski definition) is 6. The number of rotatable bonds is 6. The number of carboxylic acids is 2. The van der Waals surface area contributed by atoms with E-state index in [1.807, 2.05) is 11.6 Å². The van der Waals surface area contributed by atoms with Gasteiger partial charge in [-0.15, -0.1) is 12.4 Å². The van der Waals surface area contributed by atoms with Gasteiger partial charge in [-0.05, 0) is 0 Å². The molecule has 10 heteroatoms. The molecule has 0 bridgehead atoms. The third-order valence-electron chi connectivity index (χ3n) is 1.30. The Morgan fingerprint density at radius 3 is 1.28 bits per heavy atom. The van der Waals surface area contributed by atoms with Crippen molar-refractivity contribution >= 4 is 54.3 Å². The fourth-order valence-corrected chi connectivity index (χ4v) is 2.57. The molecule has 0 aliphatic carbocycles. The van der Waals surface area contributed by atoms with E-state index in [1.54, 1.807) is 0 Å². The molecule has 0 aliphatic rings. The molecule has 0 amide bonds. The molecular weight excluding hydrogens is 447 g/mol. The van der Waals surface area contributed by atoms with E-state index in [-0.39, 0.29) is 31.9 Å². The van der Waals surface area contributed by atoms with Crippen molar-refractivity contribution in [3.05, 3.63) is 0 Å². The summed E-state index contributed by atoms with van der Waals surface area (Å²) in [5.74, 6) is 1.59. The Morgan fingerprint density at radius 1 is 1.00 bits per heavy atom. The van der Waals surface area contributed by atoms with Gasteiger partial charge in [0.2, 0.25) is 0 Å². The number of aliphatic carboxylic acids is 2. The summed E-state index contributed by atoms with van der Waals surface area (Å²) in [6.07, 6.45) is 0. The van der Waals surface area contributed by atoms with E-state index in [1.165, 1.54) is 0 Å². The van der Waals surface area contributed by atoms with Gasteiger partial charge >= 0.3 is 127 Å². The van der Waals surface area contributed by atoms with Crippen LogP contribution in [0.4, 0.5) is 0 Å². The number of hydrogen-bond donors (Lipinski definition) is 2. The zero-order valence-electron chi connectivity index (χ0n) is 10.3. The molecule has 0 radical (unpaired) electrons. The van der Waals surface area contributed by atoms with Crippen LogP contribution in [0.25, 0.3) is 0 Å². The summed E-state index contributed by atoms with van der Waals surface area (Å²) < 4.78 is 0. The van der Waals surface area contributed by atoms with Crippen molar-refractivity contribution in [3.8, 4) is 0 Å². The van der Waals surface area contributed by atoms with E-state index in [0.717, 1.165) is 0 Å². The predicted molar refractivity (Wildman–Crippen MR) is 66.1 cm³/mol. The quantitative estimate of drug-likeness (QED) is 0.401. The normalized spacial score (nSPS) is 11.8. The first-order valence-corrected chi connectivity index (χ1v) is 10.1. The molecular formula is C8H17ClN2O4Se2Zn. The zero-order chi connectivity index (χ0) is 13.1. The van der Waals surface area contributed by atoms with Gasteiger partial charge in [-0.1, -0.05) is 0 Å². The van der Waals surface area contributed by atoms with E-state index in [4.69, 9.17) is 11.5 Å². The first kappa shape index (κ1) is 27.2. The third-order valence-corrected chi connectivity index (χ3v) is 4.20. The first-order chi connectivity index (χ1) is 7.36. The van der Waals surface area contributed by atoms with Gasteiger partial charge in [0.15, 0.2) is 0 Å². The molecule has 0 aliphatic heterocycles. The number of carbonyl (C=O) groups excluding carboxylic acids is 2. The molecule has 6 nitrogen and oxygen atoms in total. The second kappa shape index (κ2) is 17.8. The summed E-state index contributed by atoms with van der Waals surface area (Å²) in [6, 6.07) is -1.50. The van der Waals surface area contributed by atoms with E-state index in [0.29, 0.717) is 40.6 Å². The van der Waals surface area contributed by atoms with Crippen LogP contribution in [0.3, 0.4) is 0 Å². The molecule has 0 spiro atoms. The van der Waals surface area contributed by atoms with Crippen LogP contribution in [0.2, 0.25) is 22.3 Å². The van der Waals surface area contributed by atoms with Crippen LogP contribution >= 0.6 is 12.4 Å². The summed E-state index contributed by atoms with van der Waals surface area (Å²) >= 11 is 0.666. The van der Waals surface area contributed by atoms with E-state index >= 15 is 0 Å². The molecule has 0 fully saturated rings. The average Bonchev–Trinajstić information content (AvgIpc) is 2.19. The maximum Gasteiger partial charge on any atom is 2.00 e. The van der Waals surface area contributed by atoms with Crippen LogP contribution in [-0.2, 0) is 29.1 Å². The molecule has 4 N–H and O–H groups in total. The topological polar surface area (TPSA) is 132 Å². The Morgan fingerprint density at radius 2 is 1.22 bits per heavy atom. The van der Waals surface area contributed by atoms with Gasteiger partial charge in [-0.25, -0.2) is 0 Å². The van der Waals surface area contributed by atoms with Crippen LogP contribution in [0, 0.1) is 0 Å². The molecule has 18 heavy (non-hydrogen) atoms. The molecule has 0 unspecified atom stereocenters. The van der Waals surface area contributed by atoms with Crippen molar-refractivity contribution in [1.29, 1.82) is 0 Å². The van der Waals surface area contributed by atoms with Crippen LogP contribution in [0.5, 0.6) is 0 Å². The number of carboxylic acid groups (broad SMARTS) is 2. The summed E-state index contributed by atoms with van der Waals surface area (Å²) in [4.78, 5) is 19.7. The third kappa shape index (κ3) is 19.2. The maximum atomic E-state index is 9.86. The molecule has 104 valence electrons. The molecule has 0 saturated heterocycles. The summed E-state index contributed by atoms with van der Waals surface area (Å²) in [5, 5.41) is 20.9. The monoisotopic (exact) mass is 464 g/mol. The van der Waals surface area contributed by atoms with Gasteiger partial charge in [0, 0.05) is 0 Å². The molecule has 2 atom stereocenters. The fourth-order valence-electron chi connectivity index (χ4n) is 0.495. The van der Waals surface area contributed by atoms with Crippen LogP contribution < -0.4 is 21.7 Å². The Hall–Kier alpha value is 0.812. The van der Waals surface area contributed by atoms with E-state index in [9.17, 15) is 19.8 Å². The zero-order valence-corrected chi connectivity index (χ0v) is 17.5. The van der Waals surface area contributed by atoms with Crippen molar-refractivity contribution < 1.29 is 39.3 Å². The van der Waals surface area contributed by atoms with Crippen molar-refractivity contribution in [3.63, 3.8) is 0 Å². The molecule has 0 saturated carbocycles. The first-order valence-electron chi connectivity index (χ1n) is 4.27. The second-order valence-electron chi connectivity index (χ2n) is 2.76. The second-order valence-corrected chi connectivity index (χ2v) is 6.58. The van der Waals surface area contributed by atoms with Crippen molar-refractivity contribution in [1.82, 2.24) is 0 Å². The fraction of sp³-hybridized carbons (Fsp3) is 0.750. The minimum absolute atomic E-state index is 0. The van der Waals surface area contributed by atoms with Gasteiger partial charge in [0.05, 0.1) is 0 Å². The average molecular weight is 464 g/mol. The standard InChI is InChI=1S/2C4H9NO2Se.ClH.Zn/c2*1-8-2-3(5)4(6)7;;/h2*3H,2,5H2,1H3,(H,6,7);1H;/q;;;+2/p-2/t2*3-;;/m00../s1. The largest absolute Gasteiger partial charge is 2.00 e. The van der Waals surface area contributed by atoms with E-state index < -0.39 is 24.0 Å². The van der Waals surface area contributed by atoms with Crippen molar-refractivity contribution in [2.75, 3.05) is 0 Å². The SMILES string of the molecule is C[Se]C[C@H](N)C(=O)[O-].C[Se]C[C@H](N)C(=O)[O-].Cl.[Zn+2]. The summed E-state index contributed by atoms with van der Waals surface area (Å²) in [6.45, 7) is 0. The number of nitrogens with two attached hydrogens (primary N) is 2. The Balaban J connectivity index is -0.0000000980. The van der Waals surface area contributed by atoms with Crippen molar-refractivity contribution in [2.24, 2.45) is 11.5 Å². The van der Waals surface area contributed by atoms with Crippen molar-refractivity contribution in [2.45, 2.75) is 34.4 Å². The van der Waals surface area contributed by atoms with Gasteiger partial charge in [0.1, 0.15) is 0 Å². The van der Waals surface area contributed by atoms with Gasteiger partial charge < -0.3 is 0 Å². The molecule has 0 aromatic rings. The minimum atomic E-state index is -1.14. The smallest absolute Gasteiger partial charge is 0.147 e. The number of carbonyl (C=O) groups is 2. The molecule has 0 rings (SSSR count). The Bertz CT molecular complexity index is 205. The van der Waals surface area contributed by atoms with Crippen LogP contribution in [0.15, 0.2) is 0 Å². The minimum Gasteiger partial charge on any atom is -0.147 e. The van der Waals surface area contributed by atoms with Gasteiger partial charge in [-0.3, -0.25) is 0 Å². The summed E-state index contributed by atoms with van der Waals surface area (Å²) in [5.41, 5.74) is 10.2. The van der Waals surface area contributed by atoms with Crippen LogP contribution in [-0.4, -0.2) is 53.9 Å². The predicted octanol–water partition coefficient (Wildman–Crippen LogP) is -3.11. The summed E-state index contributed by atoms with van der Waals surface area (Å²) in [7, 11) is 0. The Labute approximate surface area is 138 Å². The van der Waals surface area contributed by atoms with Crippen LogP contribution in [0.1, 0.15) is 0 Å². The Kier molecular flexibility index (Phi) is 26.9. The van der Waals surface area contributed by atoms with Gasteiger partial charge in [0.25, 0.3) is 0 Å². The molecule has 0 aromatic heterocycles. The molecule has 0 heterocycles. The van der Waals surface area contributed by atoms with Gasteiger partial charge in [-0.2, -0.15) is 0 Å².